The van der Waals surface area contributed by atoms with Crippen LogP contribution in [0.4, 0.5) is 0 Å². The normalized spacial score (nSPS) is 10.9. The summed E-state index contributed by atoms with van der Waals surface area (Å²) < 4.78 is 0. The fourth-order valence-corrected chi connectivity index (χ4v) is 1.95. The van der Waals surface area contributed by atoms with Gasteiger partial charge in [0.05, 0.1) is 17.6 Å². The summed E-state index contributed by atoms with van der Waals surface area (Å²) >= 11 is 0. The van der Waals surface area contributed by atoms with Crippen molar-refractivity contribution in [1.82, 2.24) is 9.97 Å². The van der Waals surface area contributed by atoms with Crippen LogP contribution in [-0.4, -0.2) is 21.0 Å². The van der Waals surface area contributed by atoms with Crippen LogP contribution in [-0.2, 0) is 11.2 Å². The van der Waals surface area contributed by atoms with Crippen molar-refractivity contribution in [2.45, 2.75) is 6.42 Å². The lowest BCUT2D eigenvalue weighted by molar-refractivity contribution is -0.136. The molecule has 0 bridgehead atoms. The molecule has 4 heteroatoms. The Morgan fingerprint density at radius 1 is 1.06 bits per heavy atom. The average Bonchev–Trinajstić information content (AvgIpc) is 2.35. The standard InChI is InChI=1S/C14H10N2O2/c17-13(18)8-11-6-5-10-7-9-3-1-2-4-12(9)16-14(10)15-11/h1-7H,8H2,(H,17,18). The highest BCUT2D eigenvalue weighted by atomic mass is 16.4. The van der Waals surface area contributed by atoms with E-state index in [1.54, 1.807) is 6.07 Å². The third kappa shape index (κ3) is 1.88. The second-order valence-corrected chi connectivity index (χ2v) is 4.10. The number of aromatic nitrogens is 2. The van der Waals surface area contributed by atoms with E-state index in [1.807, 2.05) is 36.4 Å². The Morgan fingerprint density at radius 3 is 2.72 bits per heavy atom. The number of hydrogen-bond donors (Lipinski definition) is 1. The molecule has 3 rings (SSSR count). The number of rotatable bonds is 2. The molecule has 3 aromatic rings. The number of hydrogen-bond acceptors (Lipinski definition) is 3. The van der Waals surface area contributed by atoms with Crippen molar-refractivity contribution in [3.05, 3.63) is 48.2 Å². The Kier molecular flexibility index (Phi) is 2.41. The van der Waals surface area contributed by atoms with E-state index in [0.29, 0.717) is 11.3 Å². The molecule has 1 aromatic carbocycles. The zero-order valence-corrected chi connectivity index (χ0v) is 9.50. The van der Waals surface area contributed by atoms with E-state index in [-0.39, 0.29) is 6.42 Å². The topological polar surface area (TPSA) is 63.1 Å². The van der Waals surface area contributed by atoms with Gasteiger partial charge in [-0.1, -0.05) is 18.2 Å². The van der Waals surface area contributed by atoms with Crippen LogP contribution in [0, 0.1) is 0 Å². The van der Waals surface area contributed by atoms with E-state index in [1.165, 1.54) is 0 Å². The Bertz CT molecular complexity index is 753. The minimum atomic E-state index is -0.886. The van der Waals surface area contributed by atoms with Crippen LogP contribution in [0.1, 0.15) is 5.69 Å². The Morgan fingerprint density at radius 2 is 1.89 bits per heavy atom. The maximum absolute atomic E-state index is 10.7. The van der Waals surface area contributed by atoms with E-state index in [0.717, 1.165) is 16.3 Å². The first kappa shape index (κ1) is 10.7. The van der Waals surface area contributed by atoms with Crippen LogP contribution in [0.2, 0.25) is 0 Å². The molecule has 0 aliphatic rings. The van der Waals surface area contributed by atoms with Crippen molar-refractivity contribution in [2.75, 3.05) is 0 Å². The third-order valence-corrected chi connectivity index (χ3v) is 2.77. The average molecular weight is 238 g/mol. The summed E-state index contributed by atoms with van der Waals surface area (Å²) in [5.41, 5.74) is 1.98. The zero-order chi connectivity index (χ0) is 12.5. The fourth-order valence-electron chi connectivity index (χ4n) is 1.95. The second kappa shape index (κ2) is 4.07. The lowest BCUT2D eigenvalue weighted by Gasteiger charge is -2.02. The van der Waals surface area contributed by atoms with Gasteiger partial charge in [0.25, 0.3) is 0 Å². The lowest BCUT2D eigenvalue weighted by atomic mass is 10.1. The van der Waals surface area contributed by atoms with Gasteiger partial charge in [0.2, 0.25) is 0 Å². The van der Waals surface area contributed by atoms with Gasteiger partial charge < -0.3 is 5.11 Å². The largest absolute Gasteiger partial charge is 0.481 e. The highest BCUT2D eigenvalue weighted by molar-refractivity contribution is 5.91. The van der Waals surface area contributed by atoms with E-state index in [2.05, 4.69) is 9.97 Å². The molecule has 2 heterocycles. The second-order valence-electron chi connectivity index (χ2n) is 4.10. The van der Waals surface area contributed by atoms with Gasteiger partial charge in [0, 0.05) is 10.8 Å². The van der Waals surface area contributed by atoms with Crippen LogP contribution < -0.4 is 0 Å². The molecule has 0 saturated heterocycles. The van der Waals surface area contributed by atoms with Crippen molar-refractivity contribution in [1.29, 1.82) is 0 Å². The molecule has 88 valence electrons. The monoisotopic (exact) mass is 238 g/mol. The number of carbonyl (C=O) groups is 1. The Balaban J connectivity index is 2.20. The van der Waals surface area contributed by atoms with Crippen LogP contribution in [0.25, 0.3) is 21.9 Å². The molecule has 1 N–H and O–H groups in total. The van der Waals surface area contributed by atoms with E-state index < -0.39 is 5.97 Å². The van der Waals surface area contributed by atoms with Crippen LogP contribution in [0.3, 0.4) is 0 Å². The highest BCUT2D eigenvalue weighted by Gasteiger charge is 2.05. The SMILES string of the molecule is O=C(O)Cc1ccc2cc3ccccc3nc2n1. The first-order valence-electron chi connectivity index (χ1n) is 5.59. The van der Waals surface area contributed by atoms with Gasteiger partial charge in [-0.15, -0.1) is 0 Å². The van der Waals surface area contributed by atoms with Gasteiger partial charge in [0.15, 0.2) is 5.65 Å². The zero-order valence-electron chi connectivity index (χ0n) is 9.50. The summed E-state index contributed by atoms with van der Waals surface area (Å²) in [6, 6.07) is 13.4. The number of para-hydroxylation sites is 1. The quantitative estimate of drug-likeness (QED) is 0.696. The van der Waals surface area contributed by atoms with Gasteiger partial charge in [-0.25, -0.2) is 9.97 Å². The number of pyridine rings is 2. The maximum Gasteiger partial charge on any atom is 0.309 e. The molecule has 2 aromatic heterocycles. The van der Waals surface area contributed by atoms with Crippen LogP contribution >= 0.6 is 0 Å². The molecule has 0 saturated carbocycles. The Hall–Kier alpha value is -2.49. The molecule has 18 heavy (non-hydrogen) atoms. The van der Waals surface area contributed by atoms with Gasteiger partial charge in [0.1, 0.15) is 0 Å². The number of nitrogens with zero attached hydrogens (tertiary/aromatic N) is 2. The molecule has 0 fully saturated rings. The van der Waals surface area contributed by atoms with Crippen LogP contribution in [0.5, 0.6) is 0 Å². The molecule has 0 aliphatic carbocycles. The van der Waals surface area contributed by atoms with Gasteiger partial charge >= 0.3 is 5.97 Å². The molecular weight excluding hydrogens is 228 g/mol. The van der Waals surface area contributed by atoms with E-state index >= 15 is 0 Å². The smallest absolute Gasteiger partial charge is 0.309 e. The van der Waals surface area contributed by atoms with Crippen molar-refractivity contribution in [3.8, 4) is 0 Å². The van der Waals surface area contributed by atoms with Crippen molar-refractivity contribution >= 4 is 27.9 Å². The first-order valence-corrected chi connectivity index (χ1v) is 5.59. The van der Waals surface area contributed by atoms with Crippen molar-refractivity contribution in [2.24, 2.45) is 0 Å². The third-order valence-electron chi connectivity index (χ3n) is 2.77. The predicted octanol–water partition coefficient (Wildman–Crippen LogP) is 2.41. The number of fused-ring (bicyclic) bond motifs is 2. The van der Waals surface area contributed by atoms with E-state index in [9.17, 15) is 4.79 Å². The number of benzene rings is 1. The molecule has 0 aliphatic heterocycles. The summed E-state index contributed by atoms with van der Waals surface area (Å²) in [4.78, 5) is 19.4. The summed E-state index contributed by atoms with van der Waals surface area (Å²) in [6.45, 7) is 0. The highest BCUT2D eigenvalue weighted by Crippen LogP contribution is 2.18. The van der Waals surface area contributed by atoms with Gasteiger partial charge in [-0.2, -0.15) is 0 Å². The molecule has 4 nitrogen and oxygen atoms in total. The first-order chi connectivity index (χ1) is 8.72. The minimum Gasteiger partial charge on any atom is -0.481 e. The van der Waals surface area contributed by atoms with Crippen LogP contribution in [0.15, 0.2) is 42.5 Å². The molecular formula is C14H10N2O2. The summed E-state index contributed by atoms with van der Waals surface area (Å²) in [7, 11) is 0. The number of aliphatic carboxylic acids is 1. The summed E-state index contributed by atoms with van der Waals surface area (Å²) in [6.07, 6.45) is -0.0789. The molecule has 0 radical (unpaired) electrons. The molecule has 0 amide bonds. The predicted molar refractivity (Wildman–Crippen MR) is 68.4 cm³/mol. The molecule has 0 unspecified atom stereocenters. The fraction of sp³-hybridized carbons (Fsp3) is 0.0714. The summed E-state index contributed by atoms with van der Waals surface area (Å²) in [5, 5.41) is 10.7. The van der Waals surface area contributed by atoms with E-state index in [4.69, 9.17) is 5.11 Å². The van der Waals surface area contributed by atoms with Crippen molar-refractivity contribution in [3.63, 3.8) is 0 Å². The lowest BCUT2D eigenvalue weighted by Crippen LogP contribution is -2.02. The maximum atomic E-state index is 10.7. The summed E-state index contributed by atoms with van der Waals surface area (Å²) in [5.74, 6) is -0.886. The molecule has 0 spiro atoms. The minimum absolute atomic E-state index is 0.0789. The van der Waals surface area contributed by atoms with Gasteiger partial charge in [-0.3, -0.25) is 4.79 Å². The van der Waals surface area contributed by atoms with Crippen molar-refractivity contribution < 1.29 is 9.90 Å². The van der Waals surface area contributed by atoms with Gasteiger partial charge in [-0.05, 0) is 24.3 Å². The number of carboxylic acids is 1. The molecule has 0 atom stereocenters. The Labute approximate surface area is 103 Å². The number of carboxylic acid groups (broad SMARTS) is 1.